The van der Waals surface area contributed by atoms with E-state index in [0.29, 0.717) is 39.7 Å². The first kappa shape index (κ1) is 30.2. The van der Waals surface area contributed by atoms with Crippen molar-refractivity contribution in [1.29, 1.82) is 0 Å². The first-order valence-corrected chi connectivity index (χ1v) is 14.3. The summed E-state index contributed by atoms with van der Waals surface area (Å²) in [7, 11) is 3.37. The predicted molar refractivity (Wildman–Crippen MR) is 165 cm³/mol. The number of fused-ring (bicyclic) bond motifs is 1. The number of rotatable bonds is 10. The molecule has 5 aromatic rings. The summed E-state index contributed by atoms with van der Waals surface area (Å²) < 4.78 is 20.3. The number of ketones is 1. The standard InChI is InChI=1S/C32H34ClN5O5/c1-19-34-31(43-36-19)23-9-8-22(33)15-24(23)25-16-30(40)38(18-29(25)41-6)27(11-12-42-32(2,3)4)28(39)14-20-7-10-26-21(13-20)17-37(5)35-26/h7-10,13,15-18,27H,11-12,14H2,1-6H3. The van der Waals surface area contributed by atoms with Crippen LogP contribution in [0.15, 0.2) is 64.2 Å². The molecular formula is C32H34ClN5O5. The van der Waals surface area contributed by atoms with Gasteiger partial charge in [0, 0.05) is 53.9 Å². The van der Waals surface area contributed by atoms with Crippen molar-refractivity contribution in [2.75, 3.05) is 13.7 Å². The van der Waals surface area contributed by atoms with E-state index in [2.05, 4.69) is 15.2 Å². The zero-order valence-corrected chi connectivity index (χ0v) is 25.8. The lowest BCUT2D eigenvalue weighted by Gasteiger charge is -2.24. The Balaban J connectivity index is 1.55. The number of methoxy groups -OCH3 is 1. The van der Waals surface area contributed by atoms with Gasteiger partial charge < -0.3 is 18.6 Å². The van der Waals surface area contributed by atoms with Crippen molar-refractivity contribution in [3.63, 3.8) is 0 Å². The van der Waals surface area contributed by atoms with Crippen LogP contribution in [0.1, 0.15) is 44.6 Å². The van der Waals surface area contributed by atoms with E-state index in [9.17, 15) is 9.59 Å². The zero-order valence-electron chi connectivity index (χ0n) is 25.1. The van der Waals surface area contributed by atoms with Crippen LogP contribution >= 0.6 is 11.6 Å². The fraction of sp³-hybridized carbons (Fsp3) is 0.344. The number of carbonyl (C=O) groups is 1. The zero-order chi connectivity index (χ0) is 30.9. The van der Waals surface area contributed by atoms with Crippen molar-refractivity contribution in [2.24, 2.45) is 7.05 Å². The van der Waals surface area contributed by atoms with Gasteiger partial charge in [-0.05, 0) is 75.6 Å². The molecule has 3 aromatic heterocycles. The molecule has 0 bridgehead atoms. The van der Waals surface area contributed by atoms with Crippen LogP contribution in [0.5, 0.6) is 5.75 Å². The van der Waals surface area contributed by atoms with Gasteiger partial charge >= 0.3 is 0 Å². The first-order valence-electron chi connectivity index (χ1n) is 13.9. The van der Waals surface area contributed by atoms with Gasteiger partial charge in [0.05, 0.1) is 30.5 Å². The SMILES string of the molecule is COc1cn(C(CCOC(C)(C)C)C(=O)Cc2ccc3nn(C)cc3c2)c(=O)cc1-c1cc(Cl)ccc1-c1nc(C)no1. The van der Waals surface area contributed by atoms with Gasteiger partial charge in [-0.2, -0.15) is 10.1 Å². The normalized spacial score (nSPS) is 12.5. The van der Waals surface area contributed by atoms with Gasteiger partial charge in [0.2, 0.25) is 0 Å². The Morgan fingerprint density at radius 2 is 1.86 bits per heavy atom. The molecule has 0 aliphatic heterocycles. The van der Waals surface area contributed by atoms with E-state index in [0.717, 1.165) is 16.5 Å². The van der Waals surface area contributed by atoms with E-state index in [-0.39, 0.29) is 30.3 Å². The average molecular weight is 604 g/mol. The quantitative estimate of drug-likeness (QED) is 0.191. The second kappa shape index (κ2) is 12.1. The molecule has 11 heteroatoms. The van der Waals surface area contributed by atoms with Crippen molar-refractivity contribution in [1.82, 2.24) is 24.5 Å². The molecule has 0 amide bonds. The van der Waals surface area contributed by atoms with Gasteiger partial charge in [0.25, 0.3) is 11.4 Å². The lowest BCUT2D eigenvalue weighted by atomic mass is 9.98. The molecule has 0 aliphatic rings. The van der Waals surface area contributed by atoms with Crippen LogP contribution in [-0.4, -0.2) is 49.6 Å². The topological polar surface area (TPSA) is 114 Å². The van der Waals surface area contributed by atoms with Gasteiger partial charge in [0.15, 0.2) is 11.6 Å². The predicted octanol–water partition coefficient (Wildman–Crippen LogP) is 5.98. The third kappa shape index (κ3) is 6.87. The maximum Gasteiger partial charge on any atom is 0.258 e. The number of hydrogen-bond acceptors (Lipinski definition) is 8. The van der Waals surface area contributed by atoms with Crippen molar-refractivity contribution in [2.45, 2.75) is 52.2 Å². The number of pyridine rings is 1. The van der Waals surface area contributed by atoms with Crippen LogP contribution in [0.2, 0.25) is 5.02 Å². The van der Waals surface area contributed by atoms with E-state index in [1.165, 1.54) is 17.7 Å². The Bertz CT molecular complexity index is 1850. The molecule has 0 N–H and O–H groups in total. The molecule has 5 rings (SSSR count). The van der Waals surface area contributed by atoms with E-state index in [1.807, 2.05) is 52.2 Å². The maximum absolute atomic E-state index is 13.9. The van der Waals surface area contributed by atoms with E-state index < -0.39 is 11.6 Å². The Morgan fingerprint density at radius 1 is 1.07 bits per heavy atom. The highest BCUT2D eigenvalue weighted by Gasteiger charge is 2.26. The van der Waals surface area contributed by atoms with Gasteiger partial charge in [-0.25, -0.2) is 0 Å². The number of halogens is 1. The minimum absolute atomic E-state index is 0.123. The third-order valence-corrected chi connectivity index (χ3v) is 7.22. The monoisotopic (exact) mass is 603 g/mol. The Hall–Kier alpha value is -4.28. The molecule has 0 radical (unpaired) electrons. The number of ether oxygens (including phenoxy) is 2. The van der Waals surface area contributed by atoms with Gasteiger partial charge in [-0.1, -0.05) is 22.8 Å². The molecule has 3 heterocycles. The van der Waals surface area contributed by atoms with E-state index >= 15 is 0 Å². The van der Waals surface area contributed by atoms with E-state index in [4.69, 9.17) is 25.6 Å². The highest BCUT2D eigenvalue weighted by Crippen LogP contribution is 2.38. The molecule has 0 fully saturated rings. The van der Waals surface area contributed by atoms with Crippen molar-refractivity contribution < 1.29 is 18.8 Å². The number of nitrogens with zero attached hydrogens (tertiary/aromatic N) is 5. The van der Waals surface area contributed by atoms with Crippen LogP contribution in [-0.2, 0) is 23.0 Å². The number of aromatic nitrogens is 5. The van der Waals surface area contributed by atoms with Gasteiger partial charge in [-0.15, -0.1) is 0 Å². The van der Waals surface area contributed by atoms with Crippen molar-refractivity contribution in [3.05, 3.63) is 81.6 Å². The molecule has 0 saturated carbocycles. The largest absolute Gasteiger partial charge is 0.495 e. The lowest BCUT2D eigenvalue weighted by Crippen LogP contribution is -2.32. The smallest absolute Gasteiger partial charge is 0.258 e. The highest BCUT2D eigenvalue weighted by atomic mass is 35.5. The first-order chi connectivity index (χ1) is 20.4. The molecule has 0 spiro atoms. The second-order valence-corrected chi connectivity index (χ2v) is 11.9. The highest BCUT2D eigenvalue weighted by molar-refractivity contribution is 6.31. The molecular weight excluding hydrogens is 570 g/mol. The summed E-state index contributed by atoms with van der Waals surface area (Å²) in [5.74, 6) is 1.02. The van der Waals surface area contributed by atoms with Crippen molar-refractivity contribution >= 4 is 28.3 Å². The summed E-state index contributed by atoms with van der Waals surface area (Å²) in [6.07, 6.45) is 3.92. The Kier molecular flexibility index (Phi) is 8.52. The summed E-state index contributed by atoms with van der Waals surface area (Å²) in [4.78, 5) is 32.0. The maximum atomic E-state index is 13.9. The van der Waals surface area contributed by atoms with Gasteiger partial charge in [0.1, 0.15) is 5.75 Å². The van der Waals surface area contributed by atoms with Crippen molar-refractivity contribution in [3.8, 4) is 28.3 Å². The molecule has 0 saturated heterocycles. The van der Waals surface area contributed by atoms with Crippen LogP contribution in [0.3, 0.4) is 0 Å². The third-order valence-electron chi connectivity index (χ3n) is 6.99. The summed E-state index contributed by atoms with van der Waals surface area (Å²) in [6, 6.07) is 11.6. The number of benzene rings is 2. The molecule has 2 aromatic carbocycles. The van der Waals surface area contributed by atoms with Crippen LogP contribution in [0, 0.1) is 6.92 Å². The van der Waals surface area contributed by atoms with Crippen LogP contribution < -0.4 is 10.3 Å². The minimum atomic E-state index is -0.792. The van der Waals surface area contributed by atoms with Gasteiger partial charge in [-0.3, -0.25) is 14.3 Å². The molecule has 43 heavy (non-hydrogen) atoms. The molecule has 0 aliphatic carbocycles. The number of aryl methyl sites for hydroxylation is 2. The van der Waals surface area contributed by atoms with E-state index in [1.54, 1.807) is 36.0 Å². The number of carbonyl (C=O) groups excluding carboxylic acids is 1. The summed E-state index contributed by atoms with van der Waals surface area (Å²) in [5, 5.41) is 9.70. The van der Waals surface area contributed by atoms with Crippen LogP contribution in [0.4, 0.5) is 0 Å². The lowest BCUT2D eigenvalue weighted by molar-refractivity contribution is -0.122. The fourth-order valence-corrected chi connectivity index (χ4v) is 5.21. The Morgan fingerprint density at radius 3 is 2.56 bits per heavy atom. The number of Topliss-reactive ketones (excluding diaryl/α,β-unsaturated/α-hetero) is 1. The Labute approximate surface area is 254 Å². The average Bonchev–Trinajstić information content (AvgIpc) is 3.54. The minimum Gasteiger partial charge on any atom is -0.495 e. The molecule has 1 unspecified atom stereocenters. The summed E-state index contributed by atoms with van der Waals surface area (Å²) >= 11 is 6.37. The van der Waals surface area contributed by atoms with Crippen LogP contribution in [0.25, 0.3) is 33.5 Å². The fourth-order valence-electron chi connectivity index (χ4n) is 5.04. The number of hydrogen-bond donors (Lipinski definition) is 0. The molecule has 224 valence electrons. The summed E-state index contributed by atoms with van der Waals surface area (Å²) in [5.41, 5.74) is 2.57. The molecule has 10 nitrogen and oxygen atoms in total. The second-order valence-electron chi connectivity index (χ2n) is 11.4. The summed E-state index contributed by atoms with van der Waals surface area (Å²) in [6.45, 7) is 7.85. The molecule has 1 atom stereocenters.